The van der Waals surface area contributed by atoms with Gasteiger partial charge in [0, 0.05) is 25.0 Å². The van der Waals surface area contributed by atoms with Gasteiger partial charge in [0.1, 0.15) is 11.4 Å². The number of nitrogens with one attached hydrogen (secondary N) is 1. The molecular formula is C23H24N4O2. The van der Waals surface area contributed by atoms with Gasteiger partial charge in [-0.1, -0.05) is 30.3 Å². The van der Waals surface area contributed by atoms with Crippen LogP contribution in [0.4, 0.5) is 11.6 Å². The molecule has 2 heterocycles. The number of para-hydroxylation sites is 1. The van der Waals surface area contributed by atoms with E-state index < -0.39 is 0 Å². The van der Waals surface area contributed by atoms with Crippen molar-refractivity contribution >= 4 is 17.5 Å². The fourth-order valence-corrected chi connectivity index (χ4v) is 3.55. The van der Waals surface area contributed by atoms with Crippen LogP contribution in [0.1, 0.15) is 28.0 Å². The van der Waals surface area contributed by atoms with Crippen molar-refractivity contribution in [2.75, 3.05) is 25.1 Å². The van der Waals surface area contributed by atoms with Crippen molar-refractivity contribution in [2.24, 2.45) is 0 Å². The molecule has 1 amide bonds. The average Bonchev–Trinajstić information content (AvgIpc) is 2.79. The fourth-order valence-electron chi connectivity index (χ4n) is 3.55. The van der Waals surface area contributed by atoms with E-state index in [1.807, 2.05) is 30.3 Å². The Bertz CT molecular complexity index is 988. The summed E-state index contributed by atoms with van der Waals surface area (Å²) in [5.41, 5.74) is 3.93. The zero-order chi connectivity index (χ0) is 20.1. The van der Waals surface area contributed by atoms with Crippen molar-refractivity contribution in [1.29, 1.82) is 0 Å². The molecule has 0 aliphatic carbocycles. The van der Waals surface area contributed by atoms with E-state index in [1.54, 1.807) is 19.4 Å². The predicted octanol–water partition coefficient (Wildman–Crippen LogP) is 3.54. The second-order valence-corrected chi connectivity index (χ2v) is 6.98. The van der Waals surface area contributed by atoms with Crippen molar-refractivity contribution in [2.45, 2.75) is 19.3 Å². The number of hydrogen-bond donors (Lipinski definition) is 1. The molecule has 6 nitrogen and oxygen atoms in total. The van der Waals surface area contributed by atoms with Gasteiger partial charge in [0.2, 0.25) is 5.95 Å². The Labute approximate surface area is 170 Å². The monoisotopic (exact) mass is 388 g/mol. The van der Waals surface area contributed by atoms with Crippen LogP contribution >= 0.6 is 0 Å². The largest absolute Gasteiger partial charge is 0.497 e. The highest BCUT2D eigenvalue weighted by Crippen LogP contribution is 2.31. The number of benzene rings is 2. The van der Waals surface area contributed by atoms with Gasteiger partial charge in [-0.2, -0.15) is 0 Å². The Morgan fingerprint density at radius 2 is 1.97 bits per heavy atom. The molecule has 0 atom stereocenters. The third-order valence-corrected chi connectivity index (χ3v) is 5.09. The summed E-state index contributed by atoms with van der Waals surface area (Å²) < 4.78 is 5.16. The van der Waals surface area contributed by atoms with Crippen LogP contribution in [0.15, 0.2) is 60.8 Å². The van der Waals surface area contributed by atoms with Gasteiger partial charge < -0.3 is 15.0 Å². The lowest BCUT2D eigenvalue weighted by atomic mass is 10.0. The van der Waals surface area contributed by atoms with Crippen molar-refractivity contribution in [3.05, 3.63) is 77.6 Å². The summed E-state index contributed by atoms with van der Waals surface area (Å²) in [6, 6.07) is 17.8. The smallest absolute Gasteiger partial charge is 0.270 e. The number of anilines is 2. The number of methoxy groups -OCH3 is 1. The first-order valence-electron chi connectivity index (χ1n) is 9.84. The minimum atomic E-state index is -0.188. The SMILES string of the molecule is COc1ccc(CCNC(=O)c2ccnc(N3CCCc4ccccc43)n2)cc1. The summed E-state index contributed by atoms with van der Waals surface area (Å²) in [5.74, 6) is 1.21. The summed E-state index contributed by atoms with van der Waals surface area (Å²) in [5, 5.41) is 2.95. The van der Waals surface area contributed by atoms with E-state index in [-0.39, 0.29) is 5.91 Å². The average molecular weight is 388 g/mol. The normalized spacial score (nSPS) is 12.9. The maximum atomic E-state index is 12.6. The van der Waals surface area contributed by atoms with E-state index >= 15 is 0 Å². The van der Waals surface area contributed by atoms with E-state index in [4.69, 9.17) is 4.74 Å². The zero-order valence-electron chi connectivity index (χ0n) is 16.5. The molecule has 3 aromatic rings. The van der Waals surface area contributed by atoms with Gasteiger partial charge in [-0.3, -0.25) is 4.79 Å². The number of hydrogen-bond acceptors (Lipinski definition) is 5. The molecule has 1 aromatic heterocycles. The van der Waals surface area contributed by atoms with E-state index in [0.717, 1.165) is 42.8 Å². The van der Waals surface area contributed by atoms with E-state index in [2.05, 4.69) is 38.4 Å². The van der Waals surface area contributed by atoms with Crippen LogP contribution in [0, 0.1) is 0 Å². The minimum Gasteiger partial charge on any atom is -0.497 e. The summed E-state index contributed by atoms with van der Waals surface area (Å²) >= 11 is 0. The van der Waals surface area contributed by atoms with Crippen LogP contribution < -0.4 is 15.0 Å². The number of aromatic nitrogens is 2. The number of rotatable bonds is 6. The van der Waals surface area contributed by atoms with Gasteiger partial charge in [0.15, 0.2) is 0 Å². The van der Waals surface area contributed by atoms with Crippen LogP contribution in [0.25, 0.3) is 0 Å². The first-order chi connectivity index (χ1) is 14.2. The van der Waals surface area contributed by atoms with Crippen LogP contribution in [0.3, 0.4) is 0 Å². The molecule has 0 bridgehead atoms. The molecule has 4 rings (SSSR count). The van der Waals surface area contributed by atoms with Crippen molar-refractivity contribution in [3.8, 4) is 5.75 Å². The second kappa shape index (κ2) is 8.73. The number of carbonyl (C=O) groups excluding carboxylic acids is 1. The fraction of sp³-hybridized carbons (Fsp3) is 0.261. The predicted molar refractivity (Wildman–Crippen MR) is 113 cm³/mol. The van der Waals surface area contributed by atoms with Gasteiger partial charge in [-0.25, -0.2) is 9.97 Å². The molecule has 0 fully saturated rings. The quantitative estimate of drug-likeness (QED) is 0.700. The van der Waals surface area contributed by atoms with Gasteiger partial charge in [-0.15, -0.1) is 0 Å². The van der Waals surface area contributed by atoms with Crippen molar-refractivity contribution < 1.29 is 9.53 Å². The number of ether oxygens (including phenoxy) is 1. The molecular weight excluding hydrogens is 364 g/mol. The number of amides is 1. The first-order valence-corrected chi connectivity index (χ1v) is 9.84. The van der Waals surface area contributed by atoms with Crippen molar-refractivity contribution in [1.82, 2.24) is 15.3 Å². The second-order valence-electron chi connectivity index (χ2n) is 6.98. The van der Waals surface area contributed by atoms with E-state index in [0.29, 0.717) is 18.2 Å². The Balaban J connectivity index is 1.41. The number of fused-ring (bicyclic) bond motifs is 1. The van der Waals surface area contributed by atoms with Gasteiger partial charge >= 0.3 is 0 Å². The molecule has 0 saturated heterocycles. The molecule has 6 heteroatoms. The highest BCUT2D eigenvalue weighted by atomic mass is 16.5. The number of nitrogens with zero attached hydrogens (tertiary/aromatic N) is 3. The highest BCUT2D eigenvalue weighted by molar-refractivity contribution is 5.92. The molecule has 0 radical (unpaired) electrons. The Morgan fingerprint density at radius 3 is 2.79 bits per heavy atom. The molecule has 0 spiro atoms. The molecule has 2 aromatic carbocycles. The summed E-state index contributed by atoms with van der Waals surface area (Å²) in [6.07, 6.45) is 4.49. The highest BCUT2D eigenvalue weighted by Gasteiger charge is 2.20. The van der Waals surface area contributed by atoms with Crippen LogP contribution in [-0.2, 0) is 12.8 Å². The van der Waals surface area contributed by atoms with E-state index in [1.165, 1.54) is 5.56 Å². The van der Waals surface area contributed by atoms with E-state index in [9.17, 15) is 4.79 Å². The van der Waals surface area contributed by atoms with Gasteiger partial charge in [0.25, 0.3) is 5.91 Å². The topological polar surface area (TPSA) is 67.3 Å². The maximum absolute atomic E-state index is 12.6. The standard InChI is InChI=1S/C23H24N4O2/c1-29-19-10-8-17(9-11-19)12-14-24-22(28)20-13-15-25-23(26-20)27-16-4-6-18-5-2-3-7-21(18)27/h2-3,5,7-11,13,15H,4,6,12,14,16H2,1H3,(H,24,28). The lowest BCUT2D eigenvalue weighted by molar-refractivity contribution is 0.0949. The molecule has 1 N–H and O–H groups in total. The summed E-state index contributed by atoms with van der Waals surface area (Å²) in [6.45, 7) is 1.39. The molecule has 0 saturated carbocycles. The molecule has 29 heavy (non-hydrogen) atoms. The lowest BCUT2D eigenvalue weighted by Crippen LogP contribution is -2.29. The zero-order valence-corrected chi connectivity index (χ0v) is 16.5. The maximum Gasteiger partial charge on any atom is 0.270 e. The van der Waals surface area contributed by atoms with Crippen molar-refractivity contribution in [3.63, 3.8) is 0 Å². The Hall–Kier alpha value is -3.41. The van der Waals surface area contributed by atoms with Crippen LogP contribution in [-0.4, -0.2) is 36.1 Å². The van der Waals surface area contributed by atoms with Crippen LogP contribution in [0.2, 0.25) is 0 Å². The van der Waals surface area contributed by atoms with Crippen LogP contribution in [0.5, 0.6) is 5.75 Å². The molecule has 1 aliphatic heterocycles. The number of carbonyl (C=O) groups is 1. The van der Waals surface area contributed by atoms with Gasteiger partial charge in [-0.05, 0) is 54.7 Å². The summed E-state index contributed by atoms with van der Waals surface area (Å²) in [7, 11) is 1.65. The number of aryl methyl sites for hydroxylation is 1. The molecule has 0 unspecified atom stereocenters. The Kier molecular flexibility index (Phi) is 5.70. The third kappa shape index (κ3) is 4.37. The summed E-state index contributed by atoms with van der Waals surface area (Å²) in [4.78, 5) is 23.6. The molecule has 1 aliphatic rings. The Morgan fingerprint density at radius 1 is 1.14 bits per heavy atom. The third-order valence-electron chi connectivity index (χ3n) is 5.09. The lowest BCUT2D eigenvalue weighted by Gasteiger charge is -2.29. The minimum absolute atomic E-state index is 0.188. The molecule has 148 valence electrons. The first kappa shape index (κ1) is 18.9. The van der Waals surface area contributed by atoms with Gasteiger partial charge in [0.05, 0.1) is 7.11 Å².